The lowest BCUT2D eigenvalue weighted by Crippen LogP contribution is -2.50. The number of hydrogen-bond acceptors (Lipinski definition) is 4. The first-order chi connectivity index (χ1) is 13.0. The van der Waals surface area contributed by atoms with Gasteiger partial charge in [-0.15, -0.1) is 11.3 Å². The first-order valence-corrected chi connectivity index (χ1v) is 11.8. The first kappa shape index (κ1) is 20.0. The molecule has 0 spiro atoms. The summed E-state index contributed by atoms with van der Waals surface area (Å²) >= 11 is 1.15. The molecular formula is C20H26N2O3S2. The first-order valence-electron chi connectivity index (χ1n) is 9.45. The van der Waals surface area contributed by atoms with Crippen molar-refractivity contribution in [3.63, 3.8) is 0 Å². The minimum absolute atomic E-state index is 0.129. The lowest BCUT2D eigenvalue weighted by molar-refractivity contribution is -0.123. The minimum atomic E-state index is -3.72. The summed E-state index contributed by atoms with van der Waals surface area (Å²) in [5, 5.41) is 4.80. The SMILES string of the molecule is O=C(NC1CCCCCC1)C(Cc1ccccc1)NS(=O)(=O)c1cccs1. The quantitative estimate of drug-likeness (QED) is 0.691. The van der Waals surface area contributed by atoms with Crippen LogP contribution in [0.1, 0.15) is 44.1 Å². The number of hydrogen-bond donors (Lipinski definition) is 2. The van der Waals surface area contributed by atoms with E-state index in [0.717, 1.165) is 42.6 Å². The van der Waals surface area contributed by atoms with Gasteiger partial charge in [0.15, 0.2) is 0 Å². The highest BCUT2D eigenvalue weighted by atomic mass is 32.2. The highest BCUT2D eigenvalue weighted by Crippen LogP contribution is 2.19. The van der Waals surface area contributed by atoms with Gasteiger partial charge in [0.1, 0.15) is 10.3 Å². The lowest BCUT2D eigenvalue weighted by Gasteiger charge is -2.22. The molecule has 0 bridgehead atoms. The van der Waals surface area contributed by atoms with Crippen LogP contribution in [0.25, 0.3) is 0 Å². The molecular weight excluding hydrogens is 380 g/mol. The molecule has 2 aromatic rings. The van der Waals surface area contributed by atoms with Crippen LogP contribution in [0.5, 0.6) is 0 Å². The van der Waals surface area contributed by atoms with Gasteiger partial charge in [0.05, 0.1) is 0 Å². The minimum Gasteiger partial charge on any atom is -0.352 e. The Morgan fingerprint density at radius 2 is 1.74 bits per heavy atom. The zero-order valence-electron chi connectivity index (χ0n) is 15.3. The number of benzene rings is 1. The van der Waals surface area contributed by atoms with E-state index in [0.29, 0.717) is 6.42 Å². The number of sulfonamides is 1. The van der Waals surface area contributed by atoms with Crippen LogP contribution < -0.4 is 10.0 Å². The molecule has 1 atom stereocenters. The molecule has 1 aliphatic rings. The van der Waals surface area contributed by atoms with E-state index in [2.05, 4.69) is 10.0 Å². The van der Waals surface area contributed by atoms with E-state index in [9.17, 15) is 13.2 Å². The number of amides is 1. The van der Waals surface area contributed by atoms with Crippen molar-refractivity contribution in [1.29, 1.82) is 0 Å². The molecule has 1 heterocycles. The van der Waals surface area contributed by atoms with Crippen LogP contribution >= 0.6 is 11.3 Å². The zero-order valence-corrected chi connectivity index (χ0v) is 16.9. The summed E-state index contributed by atoms with van der Waals surface area (Å²) in [6, 6.07) is 12.0. The Labute approximate surface area is 165 Å². The largest absolute Gasteiger partial charge is 0.352 e. The van der Waals surface area contributed by atoms with Crippen molar-refractivity contribution in [3.05, 3.63) is 53.4 Å². The zero-order chi connectivity index (χ0) is 19.1. The Kier molecular flexibility index (Phi) is 7.04. The molecule has 3 rings (SSSR count). The molecule has 1 aliphatic carbocycles. The van der Waals surface area contributed by atoms with Gasteiger partial charge in [0.25, 0.3) is 10.0 Å². The third-order valence-corrected chi connectivity index (χ3v) is 7.73. The average Bonchev–Trinajstić information content (AvgIpc) is 3.09. The van der Waals surface area contributed by atoms with Crippen LogP contribution in [0, 0.1) is 0 Å². The second kappa shape index (κ2) is 9.48. The van der Waals surface area contributed by atoms with Crippen LogP contribution in [-0.2, 0) is 21.2 Å². The molecule has 1 aromatic heterocycles. The molecule has 0 aliphatic heterocycles. The molecule has 1 saturated carbocycles. The molecule has 0 radical (unpaired) electrons. The molecule has 0 saturated heterocycles. The Balaban J connectivity index is 1.75. The van der Waals surface area contributed by atoms with Gasteiger partial charge < -0.3 is 5.32 Å². The molecule has 5 nitrogen and oxygen atoms in total. The van der Waals surface area contributed by atoms with Crippen molar-refractivity contribution in [2.24, 2.45) is 0 Å². The molecule has 1 amide bonds. The highest BCUT2D eigenvalue weighted by molar-refractivity contribution is 7.91. The van der Waals surface area contributed by atoms with Crippen molar-refractivity contribution in [2.45, 2.75) is 61.2 Å². The van der Waals surface area contributed by atoms with Gasteiger partial charge in [-0.1, -0.05) is 62.1 Å². The van der Waals surface area contributed by atoms with Crippen molar-refractivity contribution in [1.82, 2.24) is 10.0 Å². The lowest BCUT2D eigenvalue weighted by atomic mass is 10.0. The van der Waals surface area contributed by atoms with Gasteiger partial charge in [-0.05, 0) is 36.3 Å². The Bertz CT molecular complexity index is 812. The maximum Gasteiger partial charge on any atom is 0.250 e. The van der Waals surface area contributed by atoms with Crippen LogP contribution in [0.4, 0.5) is 0 Å². The van der Waals surface area contributed by atoms with Crippen LogP contribution in [0.3, 0.4) is 0 Å². The van der Waals surface area contributed by atoms with Gasteiger partial charge in [-0.25, -0.2) is 8.42 Å². The van der Waals surface area contributed by atoms with E-state index in [-0.39, 0.29) is 16.2 Å². The monoisotopic (exact) mass is 406 g/mol. The number of carbonyl (C=O) groups excluding carboxylic acids is 1. The summed E-state index contributed by atoms with van der Waals surface area (Å²) in [4.78, 5) is 12.9. The van der Waals surface area contributed by atoms with Crippen molar-refractivity contribution >= 4 is 27.3 Å². The van der Waals surface area contributed by atoms with E-state index >= 15 is 0 Å². The second-order valence-electron chi connectivity index (χ2n) is 6.99. The highest BCUT2D eigenvalue weighted by Gasteiger charge is 2.28. The summed E-state index contributed by atoms with van der Waals surface area (Å²) in [5.41, 5.74) is 0.924. The maximum absolute atomic E-state index is 12.9. The van der Waals surface area contributed by atoms with E-state index in [4.69, 9.17) is 0 Å². The van der Waals surface area contributed by atoms with Crippen molar-refractivity contribution < 1.29 is 13.2 Å². The van der Waals surface area contributed by atoms with Gasteiger partial charge >= 0.3 is 0 Å². The fourth-order valence-corrected chi connectivity index (χ4v) is 5.63. The smallest absolute Gasteiger partial charge is 0.250 e. The fraction of sp³-hybridized carbons (Fsp3) is 0.450. The Morgan fingerprint density at radius 1 is 1.04 bits per heavy atom. The molecule has 146 valence electrons. The van der Waals surface area contributed by atoms with E-state index in [1.807, 2.05) is 30.3 Å². The Hall–Kier alpha value is -1.70. The Morgan fingerprint density at radius 3 is 2.37 bits per heavy atom. The molecule has 1 fully saturated rings. The second-order valence-corrected chi connectivity index (χ2v) is 9.88. The van der Waals surface area contributed by atoms with Crippen LogP contribution in [0.15, 0.2) is 52.1 Å². The predicted octanol–water partition coefficient (Wildman–Crippen LogP) is 3.48. The number of thiophene rings is 1. The molecule has 1 aromatic carbocycles. The van der Waals surface area contributed by atoms with E-state index < -0.39 is 16.1 Å². The third-order valence-electron chi connectivity index (χ3n) is 4.86. The number of rotatable bonds is 7. The molecule has 27 heavy (non-hydrogen) atoms. The van der Waals surface area contributed by atoms with Crippen LogP contribution in [0.2, 0.25) is 0 Å². The third kappa shape index (κ3) is 5.89. The summed E-state index contributed by atoms with van der Waals surface area (Å²) in [7, 11) is -3.72. The van der Waals surface area contributed by atoms with Gasteiger partial charge in [0, 0.05) is 6.04 Å². The van der Waals surface area contributed by atoms with Crippen molar-refractivity contribution in [2.75, 3.05) is 0 Å². The summed E-state index contributed by atoms with van der Waals surface area (Å²) in [5.74, 6) is -0.245. The topological polar surface area (TPSA) is 75.3 Å². The van der Waals surface area contributed by atoms with Gasteiger partial charge in [-0.3, -0.25) is 4.79 Å². The van der Waals surface area contributed by atoms with Gasteiger partial charge in [0.2, 0.25) is 5.91 Å². The number of nitrogens with one attached hydrogen (secondary N) is 2. The van der Waals surface area contributed by atoms with E-state index in [1.54, 1.807) is 17.5 Å². The average molecular weight is 407 g/mol. The summed E-state index contributed by atoms with van der Waals surface area (Å²) in [6.07, 6.45) is 6.85. The van der Waals surface area contributed by atoms with E-state index in [1.165, 1.54) is 12.8 Å². The molecule has 2 N–H and O–H groups in total. The van der Waals surface area contributed by atoms with Gasteiger partial charge in [-0.2, -0.15) is 4.72 Å². The molecule has 1 unspecified atom stereocenters. The summed E-state index contributed by atoms with van der Waals surface area (Å²) in [6.45, 7) is 0. The van der Waals surface area contributed by atoms with Crippen LogP contribution in [-0.4, -0.2) is 26.4 Å². The number of carbonyl (C=O) groups is 1. The predicted molar refractivity (Wildman–Crippen MR) is 108 cm³/mol. The van der Waals surface area contributed by atoms with Crippen molar-refractivity contribution in [3.8, 4) is 0 Å². The molecule has 7 heteroatoms. The maximum atomic E-state index is 12.9. The normalized spacial score (nSPS) is 17.2. The summed E-state index contributed by atoms with van der Waals surface area (Å²) < 4.78 is 28.2. The standard InChI is InChI=1S/C20H26N2O3S2/c23-20(21-17-11-6-1-2-7-12-17)18(15-16-9-4-3-5-10-16)22-27(24,25)19-13-8-14-26-19/h3-5,8-10,13-14,17-18,22H,1-2,6-7,11-12,15H2,(H,21,23). The fourth-order valence-electron chi connectivity index (χ4n) is 3.42.